The second-order valence-electron chi connectivity index (χ2n) is 2.75. The molecule has 14 heavy (non-hydrogen) atoms. The summed E-state index contributed by atoms with van der Waals surface area (Å²) in [5.41, 5.74) is 0.597. The van der Waals surface area contributed by atoms with Gasteiger partial charge < -0.3 is 9.55 Å². The zero-order valence-corrected chi connectivity index (χ0v) is 7.27. The Labute approximate surface area is 78.8 Å². The third kappa shape index (κ3) is 1.25. The molecule has 2 heterocycles. The highest BCUT2D eigenvalue weighted by Crippen LogP contribution is 2.03. The molecule has 0 amide bonds. The van der Waals surface area contributed by atoms with Crippen LogP contribution >= 0.6 is 0 Å². The predicted octanol–water partition coefficient (Wildman–Crippen LogP) is 0.0333. The average Bonchev–Trinajstić information content (AvgIpc) is 2.59. The summed E-state index contributed by atoms with van der Waals surface area (Å²) in [6, 6.07) is 2.01. The first kappa shape index (κ1) is 8.44. The first-order valence-electron chi connectivity index (χ1n) is 4.08. The zero-order chi connectivity index (χ0) is 9.97. The maximum absolute atomic E-state index is 11.4. The van der Waals surface area contributed by atoms with Crippen molar-refractivity contribution in [3.63, 3.8) is 0 Å². The van der Waals surface area contributed by atoms with Crippen LogP contribution in [0.25, 0.3) is 11.2 Å². The minimum atomic E-state index is -0.231. The van der Waals surface area contributed by atoms with Crippen molar-refractivity contribution < 1.29 is 0 Å². The van der Waals surface area contributed by atoms with Crippen molar-refractivity contribution >= 4 is 11.2 Å². The molecule has 6 heteroatoms. The van der Waals surface area contributed by atoms with Crippen LogP contribution < -0.4 is 5.56 Å². The fraction of sp³-hybridized carbons (Fsp3) is 0.250. The number of aromatic amines is 1. The number of aromatic nitrogens is 4. The molecule has 6 nitrogen and oxygen atoms in total. The highest BCUT2D eigenvalue weighted by atomic mass is 16.1. The second kappa shape index (κ2) is 3.30. The molecule has 1 N–H and O–H groups in total. The van der Waals surface area contributed by atoms with Gasteiger partial charge in [-0.1, -0.05) is 0 Å². The van der Waals surface area contributed by atoms with Gasteiger partial charge in [0.2, 0.25) is 0 Å². The molecule has 0 saturated carbocycles. The second-order valence-corrected chi connectivity index (χ2v) is 2.75. The number of imidazole rings is 1. The lowest BCUT2D eigenvalue weighted by molar-refractivity contribution is 0.733. The zero-order valence-electron chi connectivity index (χ0n) is 7.27. The Morgan fingerprint density at radius 1 is 1.57 bits per heavy atom. The molecule has 0 aromatic carbocycles. The molecule has 2 aromatic rings. The largest absolute Gasteiger partial charge is 0.324 e. The molecule has 0 bridgehead atoms. The van der Waals surface area contributed by atoms with Gasteiger partial charge in [-0.15, -0.1) is 0 Å². The Hall–Kier alpha value is -2.16. The molecule has 0 aliphatic rings. The van der Waals surface area contributed by atoms with E-state index < -0.39 is 0 Å². The lowest BCUT2D eigenvalue weighted by Crippen LogP contribution is -2.10. The van der Waals surface area contributed by atoms with Crippen LogP contribution in [0.2, 0.25) is 0 Å². The summed E-state index contributed by atoms with van der Waals surface area (Å²) in [4.78, 5) is 21.7. The summed E-state index contributed by atoms with van der Waals surface area (Å²) in [5, 5.41) is 8.42. The summed E-state index contributed by atoms with van der Waals surface area (Å²) in [6.07, 6.45) is 3.18. The Balaban J connectivity index is 2.57. The summed E-state index contributed by atoms with van der Waals surface area (Å²) in [7, 11) is 0. The minimum Gasteiger partial charge on any atom is -0.324 e. The van der Waals surface area contributed by atoms with E-state index in [9.17, 15) is 4.79 Å². The van der Waals surface area contributed by atoms with Crippen molar-refractivity contribution in [2.75, 3.05) is 0 Å². The lowest BCUT2D eigenvalue weighted by atomic mass is 10.4. The molecule has 0 radical (unpaired) electrons. The number of nitrogens with zero attached hydrogens (tertiary/aromatic N) is 4. The fourth-order valence-corrected chi connectivity index (χ4v) is 1.26. The number of rotatable bonds is 2. The maximum atomic E-state index is 11.4. The maximum Gasteiger partial charge on any atom is 0.276 e. The summed E-state index contributed by atoms with van der Waals surface area (Å²) >= 11 is 0. The van der Waals surface area contributed by atoms with Crippen molar-refractivity contribution in [3.8, 4) is 6.07 Å². The first-order valence-corrected chi connectivity index (χ1v) is 4.08. The van der Waals surface area contributed by atoms with Crippen LogP contribution in [-0.4, -0.2) is 19.5 Å². The van der Waals surface area contributed by atoms with Crippen LogP contribution in [-0.2, 0) is 6.54 Å². The van der Waals surface area contributed by atoms with Gasteiger partial charge in [0.1, 0.15) is 0 Å². The quantitative estimate of drug-likeness (QED) is 0.722. The lowest BCUT2D eigenvalue weighted by Gasteiger charge is -1.97. The molecular weight excluding hydrogens is 182 g/mol. The molecule has 0 aliphatic heterocycles. The molecule has 0 unspecified atom stereocenters. The molecular formula is C8H7N5O. The molecule has 0 aliphatic carbocycles. The molecule has 0 atom stereocenters. The number of H-pyrrole nitrogens is 1. The van der Waals surface area contributed by atoms with Crippen LogP contribution in [0.3, 0.4) is 0 Å². The topological polar surface area (TPSA) is 87.4 Å². The van der Waals surface area contributed by atoms with Gasteiger partial charge in [-0.05, 0) is 0 Å². The van der Waals surface area contributed by atoms with Gasteiger partial charge in [0, 0.05) is 6.54 Å². The first-order chi connectivity index (χ1) is 6.83. The van der Waals surface area contributed by atoms with Crippen molar-refractivity contribution in [2.24, 2.45) is 0 Å². The minimum absolute atomic E-state index is 0.231. The van der Waals surface area contributed by atoms with Gasteiger partial charge in [-0.25, -0.2) is 9.97 Å². The number of hydrogen-bond donors (Lipinski definition) is 1. The normalized spacial score (nSPS) is 10.2. The van der Waals surface area contributed by atoms with E-state index in [0.29, 0.717) is 24.1 Å². The van der Waals surface area contributed by atoms with Gasteiger partial charge in [0.05, 0.1) is 25.1 Å². The molecule has 0 fully saturated rings. The molecule has 0 saturated heterocycles. The fourth-order valence-electron chi connectivity index (χ4n) is 1.26. The number of fused-ring (bicyclic) bond motifs is 1. The van der Waals surface area contributed by atoms with Crippen LogP contribution in [0.4, 0.5) is 0 Å². The van der Waals surface area contributed by atoms with E-state index in [1.807, 2.05) is 6.07 Å². The van der Waals surface area contributed by atoms with Crippen molar-refractivity contribution in [1.29, 1.82) is 5.26 Å². The molecule has 0 spiro atoms. The number of nitriles is 1. The average molecular weight is 189 g/mol. The van der Waals surface area contributed by atoms with E-state index in [-0.39, 0.29) is 5.56 Å². The van der Waals surface area contributed by atoms with Gasteiger partial charge >= 0.3 is 0 Å². The van der Waals surface area contributed by atoms with Crippen LogP contribution in [0.5, 0.6) is 0 Å². The monoisotopic (exact) mass is 189 g/mol. The van der Waals surface area contributed by atoms with Gasteiger partial charge in [0.25, 0.3) is 5.56 Å². The predicted molar refractivity (Wildman–Crippen MR) is 48.4 cm³/mol. The summed E-state index contributed by atoms with van der Waals surface area (Å²) in [5.74, 6) is 0. The van der Waals surface area contributed by atoms with Crippen molar-refractivity contribution in [3.05, 3.63) is 23.0 Å². The van der Waals surface area contributed by atoms with E-state index in [0.717, 1.165) is 0 Å². The molecule has 2 rings (SSSR count). The number of hydrogen-bond acceptors (Lipinski definition) is 4. The van der Waals surface area contributed by atoms with Crippen LogP contribution in [0.1, 0.15) is 6.42 Å². The number of nitrogens with one attached hydrogen (secondary N) is 1. The Morgan fingerprint density at radius 2 is 2.43 bits per heavy atom. The number of aryl methyl sites for hydroxylation is 1. The van der Waals surface area contributed by atoms with Crippen molar-refractivity contribution in [1.82, 2.24) is 19.5 Å². The third-order valence-electron chi connectivity index (χ3n) is 1.88. The van der Waals surface area contributed by atoms with E-state index in [1.165, 1.54) is 12.7 Å². The molecule has 2 aromatic heterocycles. The Morgan fingerprint density at radius 3 is 3.21 bits per heavy atom. The van der Waals surface area contributed by atoms with E-state index in [2.05, 4.69) is 15.0 Å². The SMILES string of the molecule is N#CCCn1cnc2nc[nH]c(=O)c21. The van der Waals surface area contributed by atoms with E-state index in [4.69, 9.17) is 5.26 Å². The summed E-state index contributed by atoms with van der Waals surface area (Å²) in [6.45, 7) is 0.460. The van der Waals surface area contributed by atoms with Gasteiger partial charge in [-0.2, -0.15) is 5.26 Å². The van der Waals surface area contributed by atoms with Crippen molar-refractivity contribution in [2.45, 2.75) is 13.0 Å². The van der Waals surface area contributed by atoms with E-state index >= 15 is 0 Å². The van der Waals surface area contributed by atoms with Gasteiger partial charge in [-0.3, -0.25) is 4.79 Å². The highest BCUT2D eigenvalue weighted by molar-refractivity contribution is 5.68. The smallest absolute Gasteiger partial charge is 0.276 e. The third-order valence-corrected chi connectivity index (χ3v) is 1.88. The standard InChI is InChI=1S/C8H7N5O/c9-2-1-3-13-5-12-7-6(13)8(14)11-4-10-7/h4-5H,1,3H2,(H,10,11,14). The van der Waals surface area contributed by atoms with Crippen LogP contribution in [0.15, 0.2) is 17.4 Å². The Bertz CT molecular complexity index is 547. The van der Waals surface area contributed by atoms with Gasteiger partial charge in [0.15, 0.2) is 11.2 Å². The Kier molecular flexibility index (Phi) is 1.99. The van der Waals surface area contributed by atoms with Crippen LogP contribution in [0, 0.1) is 11.3 Å². The summed E-state index contributed by atoms with van der Waals surface area (Å²) < 4.78 is 1.63. The van der Waals surface area contributed by atoms with E-state index in [1.54, 1.807) is 4.57 Å². The highest BCUT2D eigenvalue weighted by Gasteiger charge is 2.06. The molecule has 70 valence electrons.